The summed E-state index contributed by atoms with van der Waals surface area (Å²) in [6.45, 7) is 8.66. The van der Waals surface area contributed by atoms with Crippen molar-refractivity contribution in [3.8, 4) is 0 Å². The topological polar surface area (TPSA) is 35.5 Å². The zero-order valence-corrected chi connectivity index (χ0v) is 12.8. The monoisotopic (exact) mass is 276 g/mol. The molecule has 1 aromatic rings. The van der Waals surface area contributed by atoms with Crippen LogP contribution in [0.5, 0.6) is 0 Å². The van der Waals surface area contributed by atoms with Crippen molar-refractivity contribution >= 4 is 0 Å². The molecule has 1 unspecified atom stereocenters. The quantitative estimate of drug-likeness (QED) is 0.836. The fraction of sp³-hybridized carbons (Fsp3) is 0.647. The van der Waals surface area contributed by atoms with Crippen LogP contribution < -0.4 is 5.32 Å². The van der Waals surface area contributed by atoms with Gasteiger partial charge < -0.3 is 10.4 Å². The van der Waals surface area contributed by atoms with E-state index in [0.29, 0.717) is 5.92 Å². The molecule has 0 saturated carbocycles. The second-order valence-corrected chi connectivity index (χ2v) is 6.51. The molecule has 3 nitrogen and oxygen atoms in total. The smallest absolute Gasteiger partial charge is 0.0625 e. The fourth-order valence-electron chi connectivity index (χ4n) is 2.95. The predicted octanol–water partition coefficient (Wildman–Crippen LogP) is 2.26. The van der Waals surface area contributed by atoms with E-state index in [2.05, 4.69) is 54.4 Å². The van der Waals surface area contributed by atoms with E-state index in [-0.39, 0.29) is 12.1 Å². The van der Waals surface area contributed by atoms with Crippen LogP contribution >= 0.6 is 0 Å². The Hall–Kier alpha value is -0.900. The van der Waals surface area contributed by atoms with Crippen LogP contribution in [-0.2, 0) is 6.54 Å². The summed E-state index contributed by atoms with van der Waals surface area (Å²) in [5.74, 6) is 0.614. The van der Waals surface area contributed by atoms with Crippen LogP contribution in [0.3, 0.4) is 0 Å². The number of nitrogens with one attached hydrogen (secondary N) is 1. The van der Waals surface area contributed by atoms with Crippen molar-refractivity contribution in [3.63, 3.8) is 0 Å². The second kappa shape index (κ2) is 7.21. The summed E-state index contributed by atoms with van der Waals surface area (Å²) in [7, 11) is 0. The maximum absolute atomic E-state index is 9.85. The molecule has 0 spiro atoms. The number of hydrogen-bond donors (Lipinski definition) is 2. The second-order valence-electron chi connectivity index (χ2n) is 6.51. The lowest BCUT2D eigenvalue weighted by atomic mass is 9.89. The first kappa shape index (κ1) is 15.5. The Morgan fingerprint density at radius 3 is 2.70 bits per heavy atom. The SMILES string of the molecule is CC(C)CNC1(CO)CCCN(Cc2ccccc2)C1. The first-order chi connectivity index (χ1) is 9.63. The van der Waals surface area contributed by atoms with Crippen LogP contribution in [0, 0.1) is 5.92 Å². The summed E-state index contributed by atoms with van der Waals surface area (Å²) in [4.78, 5) is 2.46. The van der Waals surface area contributed by atoms with Gasteiger partial charge in [-0.15, -0.1) is 0 Å². The fourth-order valence-corrected chi connectivity index (χ4v) is 2.95. The van der Waals surface area contributed by atoms with Crippen LogP contribution in [0.15, 0.2) is 30.3 Å². The van der Waals surface area contributed by atoms with Crippen molar-refractivity contribution in [2.75, 3.05) is 26.2 Å². The van der Waals surface area contributed by atoms with Crippen LogP contribution in [0.1, 0.15) is 32.3 Å². The number of piperidine rings is 1. The van der Waals surface area contributed by atoms with E-state index >= 15 is 0 Å². The number of aliphatic hydroxyl groups is 1. The van der Waals surface area contributed by atoms with Gasteiger partial charge in [0.1, 0.15) is 0 Å². The summed E-state index contributed by atoms with van der Waals surface area (Å²) in [6.07, 6.45) is 2.22. The number of likely N-dealkylation sites (tertiary alicyclic amines) is 1. The van der Waals surface area contributed by atoms with Gasteiger partial charge in [-0.3, -0.25) is 4.90 Å². The molecular formula is C17H28N2O. The zero-order chi connectivity index (χ0) is 14.4. The molecule has 2 N–H and O–H groups in total. The van der Waals surface area contributed by atoms with Crippen molar-refractivity contribution in [1.82, 2.24) is 10.2 Å². The van der Waals surface area contributed by atoms with Crippen LogP contribution in [0.2, 0.25) is 0 Å². The molecule has 0 aliphatic carbocycles. The van der Waals surface area contributed by atoms with Crippen molar-refractivity contribution in [2.45, 2.75) is 38.8 Å². The third-order valence-electron chi connectivity index (χ3n) is 4.09. The number of nitrogens with zero attached hydrogens (tertiary/aromatic N) is 1. The van der Waals surface area contributed by atoms with Gasteiger partial charge >= 0.3 is 0 Å². The van der Waals surface area contributed by atoms with Gasteiger partial charge in [0.15, 0.2) is 0 Å². The Morgan fingerprint density at radius 1 is 1.30 bits per heavy atom. The summed E-state index contributed by atoms with van der Waals surface area (Å²) in [6, 6.07) is 10.6. The van der Waals surface area contributed by atoms with Gasteiger partial charge in [-0.1, -0.05) is 44.2 Å². The molecule has 0 bridgehead atoms. The molecule has 1 atom stereocenters. The third kappa shape index (κ3) is 4.30. The molecule has 1 fully saturated rings. The molecule has 3 heteroatoms. The average molecular weight is 276 g/mol. The summed E-state index contributed by atoms with van der Waals surface area (Å²) in [5, 5.41) is 13.5. The molecule has 1 heterocycles. The molecule has 0 aromatic heterocycles. The van der Waals surface area contributed by atoms with Gasteiger partial charge in [0.25, 0.3) is 0 Å². The standard InChI is InChI=1S/C17H28N2O/c1-15(2)11-18-17(14-20)9-6-10-19(13-17)12-16-7-4-3-5-8-16/h3-5,7-8,15,18,20H,6,9-14H2,1-2H3. The van der Waals surface area contributed by atoms with E-state index in [9.17, 15) is 5.11 Å². The Balaban J connectivity index is 1.95. The molecule has 1 aliphatic rings. The minimum Gasteiger partial charge on any atom is -0.394 e. The number of rotatable bonds is 6. The van der Waals surface area contributed by atoms with Crippen molar-refractivity contribution < 1.29 is 5.11 Å². The molecule has 0 radical (unpaired) electrons. The van der Waals surface area contributed by atoms with Gasteiger partial charge in [-0.05, 0) is 37.4 Å². The maximum Gasteiger partial charge on any atom is 0.0625 e. The van der Waals surface area contributed by atoms with E-state index in [0.717, 1.165) is 39.0 Å². The number of hydrogen-bond acceptors (Lipinski definition) is 3. The molecule has 20 heavy (non-hydrogen) atoms. The van der Waals surface area contributed by atoms with E-state index in [1.54, 1.807) is 0 Å². The molecule has 2 rings (SSSR count). The van der Waals surface area contributed by atoms with Crippen molar-refractivity contribution in [1.29, 1.82) is 0 Å². The Morgan fingerprint density at radius 2 is 2.05 bits per heavy atom. The van der Waals surface area contributed by atoms with E-state index in [1.807, 2.05) is 0 Å². The molecule has 1 aliphatic heterocycles. The summed E-state index contributed by atoms with van der Waals surface area (Å²) in [5.41, 5.74) is 1.24. The summed E-state index contributed by atoms with van der Waals surface area (Å²) >= 11 is 0. The van der Waals surface area contributed by atoms with Gasteiger partial charge in [0.05, 0.1) is 12.1 Å². The number of aliphatic hydroxyl groups excluding tert-OH is 1. The van der Waals surface area contributed by atoms with Gasteiger partial charge in [-0.2, -0.15) is 0 Å². The van der Waals surface area contributed by atoms with Crippen LogP contribution in [0.25, 0.3) is 0 Å². The highest BCUT2D eigenvalue weighted by Crippen LogP contribution is 2.22. The summed E-state index contributed by atoms with van der Waals surface area (Å²) < 4.78 is 0. The minimum atomic E-state index is -0.114. The minimum absolute atomic E-state index is 0.114. The highest BCUT2D eigenvalue weighted by molar-refractivity contribution is 5.14. The normalized spacial score (nSPS) is 24.2. The Bertz CT molecular complexity index is 393. The van der Waals surface area contributed by atoms with Crippen molar-refractivity contribution in [2.24, 2.45) is 5.92 Å². The zero-order valence-electron chi connectivity index (χ0n) is 12.8. The van der Waals surface area contributed by atoms with E-state index in [1.165, 1.54) is 5.56 Å². The number of benzene rings is 1. The molecule has 0 amide bonds. The van der Waals surface area contributed by atoms with Crippen LogP contribution in [-0.4, -0.2) is 41.8 Å². The van der Waals surface area contributed by atoms with E-state index in [4.69, 9.17) is 0 Å². The molecule has 112 valence electrons. The highest BCUT2D eigenvalue weighted by atomic mass is 16.3. The van der Waals surface area contributed by atoms with Crippen molar-refractivity contribution in [3.05, 3.63) is 35.9 Å². The lowest BCUT2D eigenvalue weighted by Crippen LogP contribution is -2.59. The molecule has 1 aromatic carbocycles. The van der Waals surface area contributed by atoms with Gasteiger partial charge in [-0.25, -0.2) is 0 Å². The highest BCUT2D eigenvalue weighted by Gasteiger charge is 2.34. The average Bonchev–Trinajstić information content (AvgIpc) is 2.47. The Labute approximate surface area is 123 Å². The predicted molar refractivity (Wildman–Crippen MR) is 83.6 cm³/mol. The molecule has 1 saturated heterocycles. The first-order valence-corrected chi connectivity index (χ1v) is 7.76. The lowest BCUT2D eigenvalue weighted by Gasteiger charge is -2.43. The largest absolute Gasteiger partial charge is 0.394 e. The van der Waals surface area contributed by atoms with E-state index < -0.39 is 0 Å². The third-order valence-corrected chi connectivity index (χ3v) is 4.09. The Kier molecular flexibility index (Phi) is 5.58. The van der Waals surface area contributed by atoms with Gasteiger partial charge in [0.2, 0.25) is 0 Å². The molecular weight excluding hydrogens is 248 g/mol. The maximum atomic E-state index is 9.85. The first-order valence-electron chi connectivity index (χ1n) is 7.76. The van der Waals surface area contributed by atoms with Crippen LogP contribution in [0.4, 0.5) is 0 Å². The van der Waals surface area contributed by atoms with Gasteiger partial charge in [0, 0.05) is 13.1 Å². The lowest BCUT2D eigenvalue weighted by molar-refractivity contribution is 0.0615.